The molecule has 0 aliphatic carbocycles. The van der Waals surface area contributed by atoms with Crippen LogP contribution in [0.25, 0.3) is 21.5 Å². The Morgan fingerprint density at radius 3 is 2.95 bits per heavy atom. The smallest absolute Gasteiger partial charge is 0.263 e. The number of carbonyl (C=O) groups excluding carboxylic acids is 1. The second kappa shape index (κ2) is 6.11. The van der Waals surface area contributed by atoms with Crippen LogP contribution < -0.4 is 11.1 Å². The van der Waals surface area contributed by atoms with Crippen molar-refractivity contribution < 1.29 is 4.79 Å². The molecule has 0 atom stereocenters. The van der Waals surface area contributed by atoms with E-state index in [-0.39, 0.29) is 5.91 Å². The van der Waals surface area contributed by atoms with Gasteiger partial charge < -0.3 is 11.1 Å². The lowest BCUT2D eigenvalue weighted by Crippen LogP contribution is -2.23. The number of nitrogens with one attached hydrogen (secondary N) is 1. The molecule has 112 valence electrons. The lowest BCUT2D eigenvalue weighted by atomic mass is 10.1. The fraction of sp³-hybridized carbons (Fsp3) is 0.188. The number of thiophene rings is 1. The zero-order valence-electron chi connectivity index (χ0n) is 12.2. The van der Waals surface area contributed by atoms with E-state index in [1.54, 1.807) is 12.4 Å². The van der Waals surface area contributed by atoms with E-state index in [9.17, 15) is 4.79 Å². The number of nitrogen functional groups attached to an aromatic ring is 1. The van der Waals surface area contributed by atoms with Crippen molar-refractivity contribution in [2.75, 3.05) is 12.3 Å². The van der Waals surface area contributed by atoms with Crippen LogP contribution >= 0.6 is 11.3 Å². The fourth-order valence-corrected chi connectivity index (χ4v) is 3.17. The van der Waals surface area contributed by atoms with Gasteiger partial charge in [-0.05, 0) is 30.7 Å². The van der Waals surface area contributed by atoms with Crippen LogP contribution in [0.5, 0.6) is 0 Å². The van der Waals surface area contributed by atoms with E-state index in [2.05, 4.69) is 15.3 Å². The average molecular weight is 312 g/mol. The molecule has 3 aromatic rings. The van der Waals surface area contributed by atoms with Gasteiger partial charge in [0, 0.05) is 29.9 Å². The Bertz CT molecular complexity index is 814. The van der Waals surface area contributed by atoms with E-state index < -0.39 is 0 Å². The van der Waals surface area contributed by atoms with Crippen LogP contribution in [0.15, 0.2) is 36.7 Å². The highest BCUT2D eigenvalue weighted by molar-refractivity contribution is 7.21. The number of nitrogens with zero attached hydrogens (tertiary/aromatic N) is 2. The maximum atomic E-state index is 12.1. The minimum Gasteiger partial charge on any atom is -0.397 e. The summed E-state index contributed by atoms with van der Waals surface area (Å²) in [7, 11) is 0. The molecule has 0 bridgehead atoms. The molecule has 0 unspecified atom stereocenters. The normalized spacial score (nSPS) is 10.8. The number of anilines is 1. The Hall–Kier alpha value is -2.47. The van der Waals surface area contributed by atoms with E-state index in [1.807, 2.05) is 31.2 Å². The monoisotopic (exact) mass is 312 g/mol. The quantitative estimate of drug-likeness (QED) is 0.775. The third kappa shape index (κ3) is 2.65. The molecule has 0 spiro atoms. The number of rotatable bonds is 4. The summed E-state index contributed by atoms with van der Waals surface area (Å²) in [5.41, 5.74) is 8.36. The summed E-state index contributed by atoms with van der Waals surface area (Å²) in [6, 6.07) is 7.63. The predicted octanol–water partition coefficient (Wildman–Crippen LogP) is 3.08. The topological polar surface area (TPSA) is 80.9 Å². The highest BCUT2D eigenvalue weighted by Crippen LogP contribution is 2.33. The molecule has 0 aliphatic heterocycles. The van der Waals surface area contributed by atoms with Crippen LogP contribution in [0.1, 0.15) is 23.0 Å². The number of pyridine rings is 2. The van der Waals surface area contributed by atoms with Gasteiger partial charge in [-0.1, -0.05) is 6.92 Å². The summed E-state index contributed by atoms with van der Waals surface area (Å²) in [6.07, 6.45) is 4.38. The van der Waals surface area contributed by atoms with Gasteiger partial charge >= 0.3 is 0 Å². The molecule has 22 heavy (non-hydrogen) atoms. The Balaban J connectivity index is 2.01. The van der Waals surface area contributed by atoms with Gasteiger partial charge in [-0.25, -0.2) is 4.98 Å². The largest absolute Gasteiger partial charge is 0.397 e. The highest BCUT2D eigenvalue weighted by atomic mass is 32.1. The second-order valence-corrected chi connectivity index (χ2v) is 5.89. The first kappa shape index (κ1) is 14.5. The van der Waals surface area contributed by atoms with Gasteiger partial charge in [0.1, 0.15) is 9.71 Å². The fourth-order valence-electron chi connectivity index (χ4n) is 2.16. The standard InChI is InChI=1S/C16H16N4OS/c1-2-7-19-15(21)14-13(17)11-5-6-12(20-16(11)22-14)10-4-3-8-18-9-10/h3-6,8-9H,2,7,17H2,1H3,(H,19,21). The van der Waals surface area contributed by atoms with Crippen molar-refractivity contribution in [3.63, 3.8) is 0 Å². The van der Waals surface area contributed by atoms with Crippen LogP contribution in [0.4, 0.5) is 5.69 Å². The van der Waals surface area contributed by atoms with Gasteiger partial charge in [-0.2, -0.15) is 0 Å². The van der Waals surface area contributed by atoms with Crippen LogP contribution in [0, 0.1) is 0 Å². The minimum absolute atomic E-state index is 0.134. The summed E-state index contributed by atoms with van der Waals surface area (Å²) >= 11 is 1.32. The summed E-state index contributed by atoms with van der Waals surface area (Å²) < 4.78 is 0. The molecule has 3 aromatic heterocycles. The number of amides is 1. The first-order valence-corrected chi connectivity index (χ1v) is 7.90. The second-order valence-electron chi connectivity index (χ2n) is 4.89. The van der Waals surface area contributed by atoms with Gasteiger partial charge in [0.15, 0.2) is 0 Å². The van der Waals surface area contributed by atoms with Crippen molar-refractivity contribution >= 4 is 33.1 Å². The molecule has 0 saturated carbocycles. The van der Waals surface area contributed by atoms with Crippen molar-refractivity contribution in [3.8, 4) is 11.3 Å². The maximum Gasteiger partial charge on any atom is 0.263 e. The van der Waals surface area contributed by atoms with Crippen LogP contribution in [0.2, 0.25) is 0 Å². The van der Waals surface area contributed by atoms with Gasteiger partial charge in [0.25, 0.3) is 5.91 Å². The zero-order valence-corrected chi connectivity index (χ0v) is 13.0. The molecule has 0 saturated heterocycles. The molecule has 0 fully saturated rings. The number of aromatic nitrogens is 2. The van der Waals surface area contributed by atoms with Crippen molar-refractivity contribution in [2.24, 2.45) is 0 Å². The third-order valence-corrected chi connectivity index (χ3v) is 4.41. The van der Waals surface area contributed by atoms with Gasteiger partial charge in [-0.3, -0.25) is 9.78 Å². The highest BCUT2D eigenvalue weighted by Gasteiger charge is 2.17. The zero-order chi connectivity index (χ0) is 15.5. The van der Waals surface area contributed by atoms with E-state index >= 15 is 0 Å². The van der Waals surface area contributed by atoms with E-state index in [0.29, 0.717) is 17.1 Å². The lowest BCUT2D eigenvalue weighted by molar-refractivity contribution is 0.0958. The predicted molar refractivity (Wildman–Crippen MR) is 89.9 cm³/mol. The summed E-state index contributed by atoms with van der Waals surface area (Å²) in [5, 5.41) is 3.67. The molecule has 0 aromatic carbocycles. The number of fused-ring (bicyclic) bond motifs is 1. The van der Waals surface area contributed by atoms with Crippen LogP contribution in [-0.4, -0.2) is 22.4 Å². The molecular formula is C16H16N4OS. The number of nitrogens with two attached hydrogens (primary N) is 1. The molecule has 1 amide bonds. The van der Waals surface area contributed by atoms with Crippen LogP contribution in [0.3, 0.4) is 0 Å². The number of hydrogen-bond donors (Lipinski definition) is 2. The molecule has 3 N–H and O–H groups in total. The van der Waals surface area contributed by atoms with E-state index in [1.165, 1.54) is 11.3 Å². The van der Waals surface area contributed by atoms with Gasteiger partial charge in [-0.15, -0.1) is 11.3 Å². The lowest BCUT2D eigenvalue weighted by Gasteiger charge is -2.01. The van der Waals surface area contributed by atoms with Crippen molar-refractivity contribution in [3.05, 3.63) is 41.5 Å². The van der Waals surface area contributed by atoms with Gasteiger partial charge in [0.05, 0.1) is 11.4 Å². The van der Waals surface area contributed by atoms with Crippen LogP contribution in [-0.2, 0) is 0 Å². The minimum atomic E-state index is -0.134. The first-order valence-electron chi connectivity index (χ1n) is 7.08. The Labute approximate surface area is 132 Å². The molecule has 5 nitrogen and oxygen atoms in total. The Kier molecular flexibility index (Phi) is 4.02. The number of hydrogen-bond acceptors (Lipinski definition) is 5. The molecule has 3 rings (SSSR count). The Morgan fingerprint density at radius 1 is 1.36 bits per heavy atom. The molecular weight excluding hydrogens is 296 g/mol. The maximum absolute atomic E-state index is 12.1. The first-order chi connectivity index (χ1) is 10.7. The number of carbonyl (C=O) groups is 1. The molecule has 6 heteroatoms. The SMILES string of the molecule is CCCNC(=O)c1sc2nc(-c3cccnc3)ccc2c1N. The average Bonchev–Trinajstić information content (AvgIpc) is 2.90. The van der Waals surface area contributed by atoms with Gasteiger partial charge in [0.2, 0.25) is 0 Å². The summed E-state index contributed by atoms with van der Waals surface area (Å²) in [5.74, 6) is -0.134. The third-order valence-electron chi connectivity index (χ3n) is 3.29. The summed E-state index contributed by atoms with van der Waals surface area (Å²) in [6.45, 7) is 2.65. The summed E-state index contributed by atoms with van der Waals surface area (Å²) in [4.78, 5) is 22.1. The van der Waals surface area contributed by atoms with Crippen molar-refractivity contribution in [1.82, 2.24) is 15.3 Å². The molecule has 0 radical (unpaired) electrons. The van der Waals surface area contributed by atoms with Crippen molar-refractivity contribution in [2.45, 2.75) is 13.3 Å². The van der Waals surface area contributed by atoms with Crippen molar-refractivity contribution in [1.29, 1.82) is 0 Å². The Morgan fingerprint density at radius 2 is 2.23 bits per heavy atom. The van der Waals surface area contributed by atoms with E-state index in [4.69, 9.17) is 5.73 Å². The molecule has 0 aliphatic rings. The van der Waals surface area contributed by atoms with E-state index in [0.717, 1.165) is 27.9 Å². The molecule has 3 heterocycles.